The van der Waals surface area contributed by atoms with Gasteiger partial charge < -0.3 is 15.0 Å². The molecule has 0 bridgehead atoms. The van der Waals surface area contributed by atoms with E-state index >= 15 is 0 Å². The van der Waals surface area contributed by atoms with Crippen LogP contribution < -0.4 is 15.0 Å². The number of nitrogens with zero attached hydrogens (tertiary/aromatic N) is 2. The van der Waals surface area contributed by atoms with E-state index in [2.05, 4.69) is 5.32 Å². The van der Waals surface area contributed by atoms with E-state index in [9.17, 15) is 18.0 Å². The van der Waals surface area contributed by atoms with Gasteiger partial charge in [-0.2, -0.15) is 4.31 Å². The molecule has 3 heterocycles. The van der Waals surface area contributed by atoms with Gasteiger partial charge >= 0.3 is 0 Å². The molecule has 8 nitrogen and oxygen atoms in total. The molecule has 1 saturated heterocycles. The summed E-state index contributed by atoms with van der Waals surface area (Å²) >= 11 is 1.17. The molecule has 1 aromatic heterocycles. The lowest BCUT2D eigenvalue weighted by molar-refractivity contribution is -0.128. The van der Waals surface area contributed by atoms with Crippen molar-refractivity contribution in [3.05, 3.63) is 41.8 Å². The first-order valence-electron chi connectivity index (χ1n) is 9.74. The molecule has 30 heavy (non-hydrogen) atoms. The average molecular weight is 450 g/mol. The second-order valence-corrected chi connectivity index (χ2v) is 10.4. The fraction of sp³-hybridized carbons (Fsp3) is 0.400. The monoisotopic (exact) mass is 449 g/mol. The van der Waals surface area contributed by atoms with Crippen molar-refractivity contribution < 1.29 is 22.7 Å². The van der Waals surface area contributed by atoms with Gasteiger partial charge in [0.2, 0.25) is 5.91 Å². The van der Waals surface area contributed by atoms with Crippen LogP contribution in [0, 0.1) is 5.92 Å². The van der Waals surface area contributed by atoms with Crippen molar-refractivity contribution >= 4 is 38.9 Å². The fourth-order valence-electron chi connectivity index (χ4n) is 3.86. The first-order valence-corrected chi connectivity index (χ1v) is 12.1. The number of hydrogen-bond acceptors (Lipinski definition) is 6. The number of carbonyl (C=O) groups is 2. The van der Waals surface area contributed by atoms with Gasteiger partial charge in [-0.05, 0) is 36.4 Å². The Labute approximate surface area is 179 Å². The smallest absolute Gasteiger partial charge is 0.262 e. The van der Waals surface area contributed by atoms with Gasteiger partial charge in [0.15, 0.2) is 6.10 Å². The number of thiophene rings is 1. The minimum absolute atomic E-state index is 0.0870. The molecular weight excluding hydrogens is 426 g/mol. The number of para-hydroxylation sites is 2. The Bertz CT molecular complexity index is 1040. The third-order valence-corrected chi connectivity index (χ3v) is 8.64. The molecule has 0 radical (unpaired) electrons. The molecule has 1 aromatic carbocycles. The molecule has 2 atom stereocenters. The second kappa shape index (κ2) is 8.37. The maximum Gasteiger partial charge on any atom is 0.262 e. The van der Waals surface area contributed by atoms with Crippen LogP contribution in [0.3, 0.4) is 0 Å². The fourth-order valence-corrected chi connectivity index (χ4v) is 6.53. The molecule has 1 N–H and O–H groups in total. The largest absolute Gasteiger partial charge is 0.477 e. The van der Waals surface area contributed by atoms with Crippen LogP contribution >= 0.6 is 11.3 Å². The number of hydrogen-bond donors (Lipinski definition) is 1. The van der Waals surface area contributed by atoms with Gasteiger partial charge in [0.1, 0.15) is 9.96 Å². The quantitative estimate of drug-likeness (QED) is 0.766. The number of amides is 2. The number of fused-ring (bicyclic) bond motifs is 1. The lowest BCUT2D eigenvalue weighted by Crippen LogP contribution is -2.53. The highest BCUT2D eigenvalue weighted by molar-refractivity contribution is 7.91. The molecule has 2 aromatic rings. The number of likely N-dealkylation sites (N-methyl/N-ethyl adjacent to an activating group) is 1. The number of carbonyl (C=O) groups excluding carboxylic acids is 2. The van der Waals surface area contributed by atoms with Gasteiger partial charge in [0.25, 0.3) is 15.9 Å². The summed E-state index contributed by atoms with van der Waals surface area (Å²) in [5.74, 6) is -0.520. The summed E-state index contributed by atoms with van der Waals surface area (Å²) in [6.45, 7) is 0.609. The lowest BCUT2D eigenvalue weighted by atomic mass is 9.97. The van der Waals surface area contributed by atoms with E-state index in [0.717, 1.165) is 0 Å². The predicted molar refractivity (Wildman–Crippen MR) is 113 cm³/mol. The average Bonchev–Trinajstić information content (AvgIpc) is 3.33. The van der Waals surface area contributed by atoms with Crippen molar-refractivity contribution in [3.63, 3.8) is 0 Å². The summed E-state index contributed by atoms with van der Waals surface area (Å²) in [5.41, 5.74) is 0.598. The van der Waals surface area contributed by atoms with Crippen LogP contribution in [0.25, 0.3) is 0 Å². The van der Waals surface area contributed by atoms with E-state index in [0.29, 0.717) is 30.8 Å². The number of piperidine rings is 1. The van der Waals surface area contributed by atoms with Crippen LogP contribution in [0.15, 0.2) is 46.0 Å². The molecule has 0 aliphatic carbocycles. The van der Waals surface area contributed by atoms with Gasteiger partial charge in [-0.15, -0.1) is 11.3 Å². The van der Waals surface area contributed by atoms with E-state index in [4.69, 9.17) is 4.74 Å². The zero-order valence-electron chi connectivity index (χ0n) is 16.5. The van der Waals surface area contributed by atoms with Crippen molar-refractivity contribution in [1.82, 2.24) is 9.62 Å². The van der Waals surface area contributed by atoms with Gasteiger partial charge in [0, 0.05) is 20.1 Å². The maximum absolute atomic E-state index is 13.5. The third kappa shape index (κ3) is 3.82. The Balaban J connectivity index is 1.58. The van der Waals surface area contributed by atoms with E-state index in [1.165, 1.54) is 22.7 Å². The van der Waals surface area contributed by atoms with Crippen molar-refractivity contribution in [2.45, 2.75) is 23.2 Å². The minimum atomic E-state index is -3.61. The van der Waals surface area contributed by atoms with Crippen molar-refractivity contribution in [3.8, 4) is 5.75 Å². The summed E-state index contributed by atoms with van der Waals surface area (Å²) < 4.78 is 33.3. The predicted octanol–water partition coefficient (Wildman–Crippen LogP) is 1.69. The number of rotatable bonds is 4. The summed E-state index contributed by atoms with van der Waals surface area (Å²) in [7, 11) is -2.09. The van der Waals surface area contributed by atoms with Crippen molar-refractivity contribution in [2.75, 3.05) is 31.6 Å². The van der Waals surface area contributed by atoms with Gasteiger partial charge in [-0.3, -0.25) is 9.59 Å². The molecule has 1 fully saturated rings. The summed E-state index contributed by atoms with van der Waals surface area (Å²) in [6.07, 6.45) is 0.383. The molecule has 2 aliphatic heterocycles. The van der Waals surface area contributed by atoms with E-state index in [1.54, 1.807) is 46.7 Å². The number of benzene rings is 1. The van der Waals surface area contributed by atoms with Gasteiger partial charge in [-0.1, -0.05) is 18.2 Å². The summed E-state index contributed by atoms with van der Waals surface area (Å²) in [6, 6.07) is 10.4. The Kier molecular flexibility index (Phi) is 5.81. The van der Waals surface area contributed by atoms with Crippen LogP contribution in [0.2, 0.25) is 0 Å². The van der Waals surface area contributed by atoms with Crippen molar-refractivity contribution in [1.29, 1.82) is 0 Å². The highest BCUT2D eigenvalue weighted by Gasteiger charge is 2.39. The van der Waals surface area contributed by atoms with Crippen LogP contribution in [0.1, 0.15) is 12.8 Å². The Morgan fingerprint density at radius 1 is 1.17 bits per heavy atom. The standard InChI is InChI=1S/C20H23N3O5S2/c1-21-19(24)17-13-23(15-7-2-3-8-16(15)28-17)20(25)14-6-4-10-22(12-14)30(26,27)18-9-5-11-29-18/h2-3,5,7-9,11,14,17H,4,6,10,12-13H2,1H3,(H,21,24)/t14-,17+/m1/s1. The molecule has 0 unspecified atom stereocenters. The minimum Gasteiger partial charge on any atom is -0.477 e. The number of ether oxygens (including phenoxy) is 1. The third-order valence-electron chi connectivity index (χ3n) is 5.40. The Morgan fingerprint density at radius 3 is 2.70 bits per heavy atom. The lowest BCUT2D eigenvalue weighted by Gasteiger charge is -2.38. The molecular formula is C20H23N3O5S2. The van der Waals surface area contributed by atoms with Crippen LogP contribution in [-0.2, 0) is 19.6 Å². The van der Waals surface area contributed by atoms with E-state index in [-0.39, 0.29) is 29.1 Å². The van der Waals surface area contributed by atoms with Gasteiger partial charge in [0.05, 0.1) is 18.2 Å². The Morgan fingerprint density at radius 2 is 1.97 bits per heavy atom. The molecule has 4 rings (SSSR count). The molecule has 2 aliphatic rings. The summed E-state index contributed by atoms with van der Waals surface area (Å²) in [5, 5.41) is 4.28. The molecule has 160 valence electrons. The highest BCUT2D eigenvalue weighted by atomic mass is 32.2. The number of anilines is 1. The second-order valence-electron chi connectivity index (χ2n) is 7.27. The molecule has 0 saturated carbocycles. The molecule has 0 spiro atoms. The van der Waals surface area contributed by atoms with Crippen molar-refractivity contribution in [2.24, 2.45) is 5.92 Å². The number of sulfonamides is 1. The van der Waals surface area contributed by atoms with Crippen LogP contribution in [-0.4, -0.2) is 57.3 Å². The zero-order chi connectivity index (χ0) is 21.3. The summed E-state index contributed by atoms with van der Waals surface area (Å²) in [4.78, 5) is 27.2. The van der Waals surface area contributed by atoms with Crippen LogP contribution in [0.5, 0.6) is 5.75 Å². The zero-order valence-corrected chi connectivity index (χ0v) is 18.1. The first kappa shape index (κ1) is 20.8. The first-order chi connectivity index (χ1) is 14.4. The van der Waals surface area contributed by atoms with Gasteiger partial charge in [-0.25, -0.2) is 8.42 Å². The van der Waals surface area contributed by atoms with E-state index in [1.807, 2.05) is 0 Å². The normalized spacial score (nSPS) is 22.1. The SMILES string of the molecule is CNC(=O)[C@@H]1CN(C(=O)[C@@H]2CCCN(S(=O)(=O)c3cccs3)C2)c2ccccc2O1. The Hall–Kier alpha value is -2.43. The topological polar surface area (TPSA) is 96.0 Å². The van der Waals surface area contributed by atoms with Crippen LogP contribution in [0.4, 0.5) is 5.69 Å². The highest BCUT2D eigenvalue weighted by Crippen LogP contribution is 2.35. The molecule has 10 heteroatoms. The molecule has 2 amide bonds. The maximum atomic E-state index is 13.5. The van der Waals surface area contributed by atoms with E-state index < -0.39 is 22.0 Å². The number of nitrogens with one attached hydrogen (secondary N) is 1.